The SMILES string of the molecule is O=C(NCCS(=O)(=O)N1CCOCC1)c1cc(-c2ccco2)nn1-c1ccccc1. The van der Waals surface area contributed by atoms with Crippen LogP contribution in [0.25, 0.3) is 17.1 Å². The smallest absolute Gasteiger partial charge is 0.270 e. The predicted octanol–water partition coefficient (Wildman–Crippen LogP) is 1.52. The lowest BCUT2D eigenvalue weighted by Gasteiger charge is -2.26. The summed E-state index contributed by atoms with van der Waals surface area (Å²) in [6.45, 7) is 1.44. The van der Waals surface area contributed by atoms with E-state index in [0.29, 0.717) is 43.4 Å². The van der Waals surface area contributed by atoms with Gasteiger partial charge in [-0.25, -0.2) is 13.1 Å². The average molecular weight is 430 g/mol. The largest absolute Gasteiger partial charge is 0.463 e. The van der Waals surface area contributed by atoms with Crippen molar-refractivity contribution in [1.29, 1.82) is 0 Å². The lowest BCUT2D eigenvalue weighted by Crippen LogP contribution is -2.43. The molecular weight excluding hydrogens is 408 g/mol. The molecule has 1 amide bonds. The van der Waals surface area contributed by atoms with Crippen molar-refractivity contribution >= 4 is 15.9 Å². The van der Waals surface area contributed by atoms with Crippen molar-refractivity contribution in [3.05, 3.63) is 60.5 Å². The molecule has 3 aromatic rings. The summed E-state index contributed by atoms with van der Waals surface area (Å²) in [5.74, 6) is -0.0570. The highest BCUT2D eigenvalue weighted by Gasteiger charge is 2.25. The number of morpholine rings is 1. The van der Waals surface area contributed by atoms with Crippen molar-refractivity contribution in [1.82, 2.24) is 19.4 Å². The topological polar surface area (TPSA) is 107 Å². The number of hydrogen-bond acceptors (Lipinski definition) is 6. The monoisotopic (exact) mass is 430 g/mol. The Labute approximate surface area is 174 Å². The van der Waals surface area contributed by atoms with Crippen LogP contribution in [0.3, 0.4) is 0 Å². The van der Waals surface area contributed by atoms with Gasteiger partial charge in [-0.15, -0.1) is 0 Å². The second kappa shape index (κ2) is 8.82. The maximum Gasteiger partial charge on any atom is 0.270 e. The van der Waals surface area contributed by atoms with Crippen LogP contribution in [-0.2, 0) is 14.8 Å². The maximum absolute atomic E-state index is 12.9. The number of nitrogens with one attached hydrogen (secondary N) is 1. The second-order valence-electron chi connectivity index (χ2n) is 6.72. The van der Waals surface area contributed by atoms with Crippen LogP contribution in [0.4, 0.5) is 0 Å². The molecule has 1 aliphatic heterocycles. The first kappa shape index (κ1) is 20.3. The van der Waals surface area contributed by atoms with Gasteiger partial charge in [0.25, 0.3) is 5.91 Å². The zero-order chi connectivity index (χ0) is 21.0. The molecular formula is C20H22N4O5S. The van der Waals surface area contributed by atoms with Gasteiger partial charge in [-0.2, -0.15) is 9.40 Å². The summed E-state index contributed by atoms with van der Waals surface area (Å²) in [7, 11) is -3.45. The zero-order valence-electron chi connectivity index (χ0n) is 16.2. The molecule has 10 heteroatoms. The Kier molecular flexibility index (Phi) is 5.98. The highest BCUT2D eigenvalue weighted by atomic mass is 32.2. The molecule has 1 fully saturated rings. The van der Waals surface area contributed by atoms with Crippen molar-refractivity contribution in [3.63, 3.8) is 0 Å². The summed E-state index contributed by atoms with van der Waals surface area (Å²) in [6.07, 6.45) is 1.53. The van der Waals surface area contributed by atoms with Gasteiger partial charge in [-0.3, -0.25) is 4.79 Å². The van der Waals surface area contributed by atoms with E-state index in [0.717, 1.165) is 0 Å². The van der Waals surface area contributed by atoms with E-state index in [1.807, 2.05) is 30.3 Å². The van der Waals surface area contributed by atoms with Gasteiger partial charge in [-0.05, 0) is 24.3 Å². The number of rotatable bonds is 7. The minimum atomic E-state index is -3.45. The number of furan rings is 1. The molecule has 0 unspecified atom stereocenters. The Hall–Kier alpha value is -2.95. The molecule has 2 aromatic heterocycles. The highest BCUT2D eigenvalue weighted by molar-refractivity contribution is 7.89. The van der Waals surface area contributed by atoms with E-state index in [-0.39, 0.29) is 18.0 Å². The fraction of sp³-hybridized carbons (Fsp3) is 0.300. The fourth-order valence-electron chi connectivity index (χ4n) is 3.19. The van der Waals surface area contributed by atoms with Crippen molar-refractivity contribution in [3.8, 4) is 17.1 Å². The molecule has 0 bridgehead atoms. The minimum Gasteiger partial charge on any atom is -0.463 e. The fourth-order valence-corrected chi connectivity index (χ4v) is 4.52. The summed E-state index contributed by atoms with van der Waals surface area (Å²) in [5, 5.41) is 7.19. The number of amides is 1. The number of sulfonamides is 1. The first-order valence-electron chi connectivity index (χ1n) is 9.58. The normalized spacial score (nSPS) is 15.2. The van der Waals surface area contributed by atoms with Crippen LogP contribution in [0.1, 0.15) is 10.5 Å². The maximum atomic E-state index is 12.9. The van der Waals surface area contributed by atoms with Crippen molar-refractivity contribution in [2.24, 2.45) is 0 Å². The van der Waals surface area contributed by atoms with Crippen molar-refractivity contribution in [2.75, 3.05) is 38.6 Å². The summed E-state index contributed by atoms with van der Waals surface area (Å²) in [4.78, 5) is 12.9. The van der Waals surface area contributed by atoms with Crippen LogP contribution in [0.5, 0.6) is 0 Å². The molecule has 1 N–H and O–H groups in total. The van der Waals surface area contributed by atoms with E-state index < -0.39 is 15.9 Å². The Morgan fingerprint density at radius 2 is 1.87 bits per heavy atom. The summed E-state index contributed by atoms with van der Waals surface area (Å²) < 4.78 is 38.4. The number of benzene rings is 1. The van der Waals surface area contributed by atoms with Crippen LogP contribution in [0, 0.1) is 0 Å². The van der Waals surface area contributed by atoms with Crippen LogP contribution >= 0.6 is 0 Å². The highest BCUT2D eigenvalue weighted by Crippen LogP contribution is 2.22. The van der Waals surface area contributed by atoms with Crippen molar-refractivity contribution in [2.45, 2.75) is 0 Å². The average Bonchev–Trinajstić information content (AvgIpc) is 3.45. The number of hydrogen-bond donors (Lipinski definition) is 1. The summed E-state index contributed by atoms with van der Waals surface area (Å²) in [5.41, 5.74) is 1.51. The third kappa shape index (κ3) is 4.45. The Morgan fingerprint density at radius 3 is 2.57 bits per heavy atom. The van der Waals surface area contributed by atoms with Crippen LogP contribution in [-0.4, -0.2) is 67.0 Å². The van der Waals surface area contributed by atoms with Crippen LogP contribution in [0.15, 0.2) is 59.2 Å². The molecule has 1 aliphatic rings. The number of carbonyl (C=O) groups excluding carboxylic acids is 1. The van der Waals surface area contributed by atoms with Crippen molar-refractivity contribution < 1.29 is 22.4 Å². The first-order chi connectivity index (χ1) is 14.5. The molecule has 30 heavy (non-hydrogen) atoms. The van der Waals surface area contributed by atoms with Gasteiger partial charge in [0.1, 0.15) is 11.4 Å². The molecule has 0 radical (unpaired) electrons. The molecule has 0 atom stereocenters. The van der Waals surface area contributed by atoms with Gasteiger partial charge in [0.2, 0.25) is 10.0 Å². The van der Waals surface area contributed by atoms with E-state index >= 15 is 0 Å². The second-order valence-corrected chi connectivity index (χ2v) is 8.81. The number of ether oxygens (including phenoxy) is 1. The number of nitrogens with zero attached hydrogens (tertiary/aromatic N) is 3. The molecule has 0 spiro atoms. The minimum absolute atomic E-state index is 0.00538. The van der Waals surface area contributed by atoms with Gasteiger partial charge in [0.05, 0.1) is 30.9 Å². The van der Waals surface area contributed by atoms with E-state index in [9.17, 15) is 13.2 Å². The van der Waals surface area contributed by atoms with Gasteiger partial charge in [-0.1, -0.05) is 18.2 Å². The third-order valence-corrected chi connectivity index (χ3v) is 6.60. The molecule has 9 nitrogen and oxygen atoms in total. The van der Waals surface area contributed by atoms with Gasteiger partial charge in [0.15, 0.2) is 5.76 Å². The van der Waals surface area contributed by atoms with Gasteiger partial charge < -0.3 is 14.5 Å². The third-order valence-electron chi connectivity index (χ3n) is 4.73. The molecule has 0 aliphatic carbocycles. The predicted molar refractivity (Wildman–Crippen MR) is 110 cm³/mol. The quantitative estimate of drug-likeness (QED) is 0.609. The molecule has 1 saturated heterocycles. The van der Waals surface area contributed by atoms with E-state index in [1.165, 1.54) is 15.3 Å². The Bertz CT molecular complexity index is 1090. The van der Waals surface area contributed by atoms with Crippen LogP contribution in [0.2, 0.25) is 0 Å². The first-order valence-corrected chi connectivity index (χ1v) is 11.2. The van der Waals surface area contributed by atoms with E-state index in [1.54, 1.807) is 18.2 Å². The number of para-hydroxylation sites is 1. The molecule has 4 rings (SSSR count). The Morgan fingerprint density at radius 1 is 1.10 bits per heavy atom. The molecule has 1 aromatic carbocycles. The summed E-state index contributed by atoms with van der Waals surface area (Å²) >= 11 is 0. The van der Waals surface area contributed by atoms with Crippen LogP contribution < -0.4 is 5.32 Å². The zero-order valence-corrected chi connectivity index (χ0v) is 17.0. The molecule has 158 valence electrons. The van der Waals surface area contributed by atoms with E-state index in [4.69, 9.17) is 9.15 Å². The van der Waals surface area contributed by atoms with Gasteiger partial charge in [0, 0.05) is 25.7 Å². The number of aromatic nitrogens is 2. The molecule has 3 heterocycles. The summed E-state index contributed by atoms with van der Waals surface area (Å²) in [6, 6.07) is 14.4. The Balaban J connectivity index is 1.50. The standard InChI is InChI=1S/C20H22N4O5S/c25-20(21-8-14-30(26,27)23-9-12-28-13-10-23)18-15-17(19-7-4-11-29-19)22-24(18)16-5-2-1-3-6-16/h1-7,11,15H,8-10,12-14H2,(H,21,25). The van der Waals surface area contributed by atoms with E-state index in [2.05, 4.69) is 10.4 Å². The number of carbonyl (C=O) groups is 1. The lowest BCUT2D eigenvalue weighted by molar-refractivity contribution is 0.0730. The van der Waals surface area contributed by atoms with Gasteiger partial charge >= 0.3 is 0 Å². The lowest BCUT2D eigenvalue weighted by atomic mass is 10.2. The molecule has 0 saturated carbocycles.